The first-order valence-electron chi connectivity index (χ1n) is 6.79. The summed E-state index contributed by atoms with van der Waals surface area (Å²) in [6.07, 6.45) is 0.310. The Kier molecular flexibility index (Phi) is 3.58. The molecule has 1 heterocycles. The molecule has 3 rings (SSSR count). The first-order valence-corrected chi connectivity index (χ1v) is 6.79. The largest absolute Gasteiger partial charge is 0.285 e. The van der Waals surface area contributed by atoms with Gasteiger partial charge in [0, 0.05) is 17.7 Å². The molecular weight excluding hydrogens is 289 g/mol. The molecule has 0 saturated carbocycles. The SMILES string of the molecule is C[N+]1(c2ccccc2-c2cccc(F)c2)C=CC(C(F)F)=N1. The van der Waals surface area contributed by atoms with E-state index < -0.39 is 6.43 Å². The van der Waals surface area contributed by atoms with Gasteiger partial charge in [-0.25, -0.2) is 13.2 Å². The van der Waals surface area contributed by atoms with E-state index in [2.05, 4.69) is 5.10 Å². The van der Waals surface area contributed by atoms with Gasteiger partial charge >= 0.3 is 0 Å². The number of hydrogen-bond acceptors (Lipinski definition) is 1. The van der Waals surface area contributed by atoms with Crippen LogP contribution in [0, 0.1) is 5.82 Å². The average molecular weight is 303 g/mol. The third-order valence-electron chi connectivity index (χ3n) is 3.61. The first kappa shape index (κ1) is 14.5. The number of hydrogen-bond donors (Lipinski definition) is 0. The van der Waals surface area contributed by atoms with E-state index in [0.717, 1.165) is 5.56 Å². The highest BCUT2D eigenvalue weighted by atomic mass is 19.3. The number of halogens is 3. The Labute approximate surface area is 126 Å². The number of alkyl halides is 2. The van der Waals surface area contributed by atoms with Crippen LogP contribution in [0.2, 0.25) is 0 Å². The standard InChI is InChI=1S/C17H14F3N2/c1-22(10-9-15(21-22)17(19)20)16-8-3-2-7-14(16)12-5-4-6-13(18)11-12/h2-11,17H,1H3/q+1. The topological polar surface area (TPSA) is 12.4 Å². The van der Waals surface area contributed by atoms with Crippen LogP contribution in [-0.4, -0.2) is 19.2 Å². The lowest BCUT2D eigenvalue weighted by molar-refractivity contribution is 0.225. The van der Waals surface area contributed by atoms with Crippen LogP contribution < -0.4 is 4.59 Å². The zero-order chi connectivity index (χ0) is 15.7. The Hall–Kier alpha value is -2.40. The van der Waals surface area contributed by atoms with Crippen molar-refractivity contribution in [2.75, 3.05) is 7.05 Å². The van der Waals surface area contributed by atoms with Gasteiger partial charge in [-0.1, -0.05) is 29.4 Å². The minimum Gasteiger partial charge on any atom is -0.207 e. The van der Waals surface area contributed by atoms with E-state index in [1.807, 2.05) is 24.3 Å². The highest BCUT2D eigenvalue weighted by Crippen LogP contribution is 2.36. The third-order valence-corrected chi connectivity index (χ3v) is 3.61. The number of para-hydroxylation sites is 1. The number of nitrogens with zero attached hydrogens (tertiary/aromatic N) is 2. The zero-order valence-corrected chi connectivity index (χ0v) is 11.9. The van der Waals surface area contributed by atoms with E-state index in [0.29, 0.717) is 11.3 Å². The second kappa shape index (κ2) is 5.42. The fourth-order valence-electron chi connectivity index (χ4n) is 2.55. The van der Waals surface area contributed by atoms with Crippen LogP contribution >= 0.6 is 0 Å². The average Bonchev–Trinajstić information content (AvgIpc) is 2.91. The third kappa shape index (κ3) is 2.55. The van der Waals surface area contributed by atoms with Crippen molar-refractivity contribution >= 4 is 11.4 Å². The molecule has 1 aliphatic heterocycles. The van der Waals surface area contributed by atoms with E-state index in [-0.39, 0.29) is 16.1 Å². The highest BCUT2D eigenvalue weighted by molar-refractivity contribution is 6.00. The molecule has 2 aromatic rings. The van der Waals surface area contributed by atoms with E-state index in [1.165, 1.54) is 18.2 Å². The smallest absolute Gasteiger partial charge is 0.207 e. The molecule has 0 aromatic heterocycles. The van der Waals surface area contributed by atoms with Crippen molar-refractivity contribution in [3.8, 4) is 11.1 Å². The van der Waals surface area contributed by atoms with E-state index in [4.69, 9.17) is 0 Å². The molecule has 0 aliphatic carbocycles. The molecule has 1 unspecified atom stereocenters. The molecule has 0 amide bonds. The minimum atomic E-state index is -2.61. The maximum atomic E-state index is 13.5. The molecule has 2 nitrogen and oxygen atoms in total. The Morgan fingerprint density at radius 2 is 1.82 bits per heavy atom. The summed E-state index contributed by atoms with van der Waals surface area (Å²) in [7, 11) is 1.71. The summed E-state index contributed by atoms with van der Waals surface area (Å²) in [6, 6.07) is 13.5. The second-order valence-corrected chi connectivity index (χ2v) is 5.20. The van der Waals surface area contributed by atoms with Gasteiger partial charge in [-0.2, -0.15) is 0 Å². The summed E-state index contributed by atoms with van der Waals surface area (Å²) in [5, 5.41) is 4.10. The van der Waals surface area contributed by atoms with Gasteiger partial charge in [-0.05, 0) is 23.8 Å². The molecule has 5 heteroatoms. The van der Waals surface area contributed by atoms with Gasteiger partial charge in [-0.15, -0.1) is 4.59 Å². The van der Waals surface area contributed by atoms with Crippen LogP contribution in [0.3, 0.4) is 0 Å². The van der Waals surface area contributed by atoms with Crippen molar-refractivity contribution < 1.29 is 13.2 Å². The van der Waals surface area contributed by atoms with Crippen molar-refractivity contribution in [1.29, 1.82) is 0 Å². The van der Waals surface area contributed by atoms with Crippen molar-refractivity contribution in [3.05, 3.63) is 66.6 Å². The lowest BCUT2D eigenvalue weighted by Gasteiger charge is -2.22. The van der Waals surface area contributed by atoms with Gasteiger partial charge in [0.05, 0.1) is 0 Å². The predicted molar refractivity (Wildman–Crippen MR) is 82.1 cm³/mol. The summed E-state index contributed by atoms with van der Waals surface area (Å²) in [4.78, 5) is 0. The Morgan fingerprint density at radius 3 is 2.50 bits per heavy atom. The number of quaternary nitrogens is 1. The molecule has 0 saturated heterocycles. The van der Waals surface area contributed by atoms with Crippen molar-refractivity contribution in [2.45, 2.75) is 6.43 Å². The summed E-state index contributed by atoms with van der Waals surface area (Å²) in [5.74, 6) is -0.344. The van der Waals surface area contributed by atoms with E-state index in [9.17, 15) is 13.2 Å². The maximum absolute atomic E-state index is 13.5. The van der Waals surface area contributed by atoms with Crippen molar-refractivity contribution in [3.63, 3.8) is 0 Å². The van der Waals surface area contributed by atoms with Crippen LogP contribution in [-0.2, 0) is 0 Å². The van der Waals surface area contributed by atoms with Crippen LogP contribution in [0.25, 0.3) is 11.1 Å². The number of benzene rings is 2. The van der Waals surface area contributed by atoms with E-state index >= 15 is 0 Å². The van der Waals surface area contributed by atoms with Crippen molar-refractivity contribution in [2.24, 2.45) is 5.10 Å². The first-order chi connectivity index (χ1) is 10.5. The summed E-state index contributed by atoms with van der Waals surface area (Å²) in [6.45, 7) is 0. The van der Waals surface area contributed by atoms with E-state index in [1.54, 1.807) is 25.4 Å². The molecule has 0 fully saturated rings. The Balaban J connectivity index is 2.12. The molecular formula is C17H14F3N2+. The summed E-state index contributed by atoms with van der Waals surface area (Å²) in [5.41, 5.74) is 1.90. The highest BCUT2D eigenvalue weighted by Gasteiger charge is 2.33. The molecule has 112 valence electrons. The molecule has 1 atom stereocenters. The molecule has 0 bridgehead atoms. The molecule has 2 aromatic carbocycles. The van der Waals surface area contributed by atoms with Crippen LogP contribution in [0.4, 0.5) is 18.9 Å². The molecule has 0 radical (unpaired) electrons. The Bertz CT molecular complexity index is 768. The lowest BCUT2D eigenvalue weighted by Crippen LogP contribution is -2.31. The van der Waals surface area contributed by atoms with Crippen LogP contribution in [0.5, 0.6) is 0 Å². The monoisotopic (exact) mass is 303 g/mol. The molecule has 0 N–H and O–H groups in total. The van der Waals surface area contributed by atoms with Gasteiger partial charge in [0.2, 0.25) is 0 Å². The predicted octanol–water partition coefficient (Wildman–Crippen LogP) is 4.58. The molecule has 1 aliphatic rings. The van der Waals surface area contributed by atoms with Gasteiger partial charge in [0.25, 0.3) is 6.43 Å². The van der Waals surface area contributed by atoms with Gasteiger partial charge in [0.15, 0.2) is 11.4 Å². The second-order valence-electron chi connectivity index (χ2n) is 5.20. The number of rotatable bonds is 3. The lowest BCUT2D eigenvalue weighted by atomic mass is 10.0. The van der Waals surface area contributed by atoms with Gasteiger partial charge in [-0.3, -0.25) is 0 Å². The molecule has 22 heavy (non-hydrogen) atoms. The van der Waals surface area contributed by atoms with Gasteiger partial charge < -0.3 is 0 Å². The summed E-state index contributed by atoms with van der Waals surface area (Å²) >= 11 is 0. The van der Waals surface area contributed by atoms with Gasteiger partial charge in [0.1, 0.15) is 19.1 Å². The maximum Gasteiger partial charge on any atom is 0.285 e. The van der Waals surface area contributed by atoms with Crippen LogP contribution in [0.15, 0.2) is 65.9 Å². The van der Waals surface area contributed by atoms with Crippen LogP contribution in [0.1, 0.15) is 0 Å². The fourth-order valence-corrected chi connectivity index (χ4v) is 2.55. The Morgan fingerprint density at radius 1 is 1.05 bits per heavy atom. The summed E-state index contributed by atoms with van der Waals surface area (Å²) < 4.78 is 39.0. The number of allylic oxidation sites excluding steroid dienone is 1. The molecule has 0 spiro atoms. The van der Waals surface area contributed by atoms with Crippen molar-refractivity contribution in [1.82, 2.24) is 4.59 Å². The quantitative estimate of drug-likeness (QED) is 0.736. The zero-order valence-electron chi connectivity index (χ0n) is 11.9. The fraction of sp³-hybridized carbons (Fsp3) is 0.118. The minimum absolute atomic E-state index is 0.119. The normalized spacial score (nSPS) is 20.5.